The third-order valence-corrected chi connectivity index (χ3v) is 1.70. The fraction of sp³-hybridized carbons (Fsp3) is 0.333. The van der Waals surface area contributed by atoms with E-state index in [0.717, 1.165) is 0 Å². The van der Waals surface area contributed by atoms with E-state index in [-0.39, 0.29) is 11.6 Å². The van der Waals surface area contributed by atoms with Crippen LogP contribution in [0.25, 0.3) is 0 Å². The molecule has 0 aliphatic heterocycles. The van der Waals surface area contributed by atoms with E-state index in [1.165, 1.54) is 18.4 Å². The van der Waals surface area contributed by atoms with Gasteiger partial charge in [-0.2, -0.15) is 8.78 Å². The van der Waals surface area contributed by atoms with Crippen molar-refractivity contribution in [2.24, 2.45) is 22.9 Å². The molecule has 0 amide bonds. The summed E-state index contributed by atoms with van der Waals surface area (Å²) in [6.07, 6.45) is 3.98. The van der Waals surface area contributed by atoms with Crippen LogP contribution in [0.2, 0.25) is 0 Å². The third kappa shape index (κ3) is 5.20. The molecule has 1 unspecified atom stereocenters. The average molecular weight is 234 g/mol. The van der Waals surface area contributed by atoms with Crippen LogP contribution in [0.15, 0.2) is 35.5 Å². The molecule has 8 N–H and O–H groups in total. The number of rotatable bonds is 5. The van der Waals surface area contributed by atoms with Gasteiger partial charge in [-0.05, 0) is 30.8 Å². The molecule has 0 bridgehead atoms. The van der Waals surface area contributed by atoms with Gasteiger partial charge in [-0.1, -0.05) is 0 Å². The van der Waals surface area contributed by atoms with Gasteiger partial charge in [0.1, 0.15) is 5.82 Å². The first kappa shape index (κ1) is 14.2. The number of hydrogen-bond acceptors (Lipinski definition) is 5. The first-order valence-electron chi connectivity index (χ1n) is 4.40. The summed E-state index contributed by atoms with van der Waals surface area (Å²) in [6.45, 7) is -1.38. The van der Waals surface area contributed by atoms with Gasteiger partial charge in [0.15, 0.2) is 5.76 Å². The minimum atomic E-state index is -3.00. The van der Waals surface area contributed by atoms with Crippen LogP contribution in [0.3, 0.4) is 0 Å². The molecular weight excluding hydrogens is 218 g/mol. The molecule has 16 heavy (non-hydrogen) atoms. The van der Waals surface area contributed by atoms with Gasteiger partial charge in [-0.15, -0.1) is 0 Å². The number of allylic oxidation sites excluding steroid dienone is 1. The fourth-order valence-electron chi connectivity index (χ4n) is 0.856. The summed E-state index contributed by atoms with van der Waals surface area (Å²) in [4.78, 5) is 0. The smallest absolute Gasteiger partial charge is 0.387 e. The maximum absolute atomic E-state index is 12.0. The van der Waals surface area contributed by atoms with E-state index < -0.39 is 12.7 Å². The van der Waals surface area contributed by atoms with Crippen molar-refractivity contribution in [3.63, 3.8) is 0 Å². The van der Waals surface area contributed by atoms with E-state index in [2.05, 4.69) is 4.74 Å². The van der Waals surface area contributed by atoms with E-state index in [4.69, 9.17) is 22.9 Å². The van der Waals surface area contributed by atoms with Crippen LogP contribution in [0, 0.1) is 0 Å². The molecular formula is C9H16F2N4O. The number of halogens is 2. The van der Waals surface area contributed by atoms with Crippen molar-refractivity contribution in [2.45, 2.75) is 19.6 Å². The highest BCUT2D eigenvalue weighted by Crippen LogP contribution is 2.12. The van der Waals surface area contributed by atoms with Crippen LogP contribution in [-0.2, 0) is 4.74 Å². The third-order valence-electron chi connectivity index (χ3n) is 1.70. The second-order valence-electron chi connectivity index (χ2n) is 3.00. The Morgan fingerprint density at radius 1 is 1.31 bits per heavy atom. The molecule has 92 valence electrons. The van der Waals surface area contributed by atoms with Crippen LogP contribution in [-0.4, -0.2) is 12.7 Å². The molecule has 5 nitrogen and oxygen atoms in total. The Morgan fingerprint density at radius 3 is 2.25 bits per heavy atom. The molecule has 1 atom stereocenters. The fourth-order valence-corrected chi connectivity index (χ4v) is 0.856. The molecule has 0 spiro atoms. The van der Waals surface area contributed by atoms with Crippen molar-refractivity contribution in [3.8, 4) is 0 Å². The second kappa shape index (κ2) is 6.67. The average Bonchev–Trinajstić information content (AvgIpc) is 2.16. The van der Waals surface area contributed by atoms with Gasteiger partial charge in [0, 0.05) is 6.04 Å². The number of hydrogen-bond donors (Lipinski definition) is 4. The zero-order valence-electron chi connectivity index (χ0n) is 8.86. The molecule has 0 saturated carbocycles. The number of ether oxygens (including phenoxy) is 1. The van der Waals surface area contributed by atoms with Crippen LogP contribution >= 0.6 is 0 Å². The minimum Gasteiger partial charge on any atom is -0.431 e. The maximum atomic E-state index is 12.0. The highest BCUT2D eigenvalue weighted by atomic mass is 19.3. The zero-order chi connectivity index (χ0) is 12.7. The van der Waals surface area contributed by atoms with Crippen molar-refractivity contribution in [1.82, 2.24) is 0 Å². The molecule has 0 saturated heterocycles. The Bertz CT molecular complexity index is 309. The first-order valence-corrected chi connectivity index (χ1v) is 4.40. The Hall–Kier alpha value is -1.76. The molecule has 0 aliphatic carbocycles. The largest absolute Gasteiger partial charge is 0.431 e. The van der Waals surface area contributed by atoms with E-state index in [9.17, 15) is 8.78 Å². The number of nitrogens with two attached hydrogens (primary N) is 4. The van der Waals surface area contributed by atoms with Crippen molar-refractivity contribution in [2.75, 3.05) is 0 Å². The van der Waals surface area contributed by atoms with E-state index in [1.54, 1.807) is 6.92 Å². The highest BCUT2D eigenvalue weighted by molar-refractivity contribution is 5.26. The predicted octanol–water partition coefficient (Wildman–Crippen LogP) is 0.0581. The van der Waals surface area contributed by atoms with Gasteiger partial charge in [0.2, 0.25) is 0 Å². The van der Waals surface area contributed by atoms with Crippen LogP contribution in [0.1, 0.15) is 6.92 Å². The normalized spacial score (nSPS) is 14.2. The van der Waals surface area contributed by atoms with Gasteiger partial charge in [0.25, 0.3) is 0 Å². The maximum Gasteiger partial charge on any atom is 0.387 e. The van der Waals surface area contributed by atoms with Crippen molar-refractivity contribution >= 4 is 0 Å². The van der Waals surface area contributed by atoms with Crippen LogP contribution in [0.5, 0.6) is 0 Å². The van der Waals surface area contributed by atoms with Gasteiger partial charge in [-0.3, -0.25) is 0 Å². The topological polar surface area (TPSA) is 113 Å². The summed E-state index contributed by atoms with van der Waals surface area (Å²) in [5, 5.41) is 0. The summed E-state index contributed by atoms with van der Waals surface area (Å²) in [7, 11) is 0. The van der Waals surface area contributed by atoms with Crippen molar-refractivity contribution < 1.29 is 13.5 Å². The van der Waals surface area contributed by atoms with Gasteiger partial charge >= 0.3 is 6.61 Å². The molecule has 0 aromatic carbocycles. The highest BCUT2D eigenvalue weighted by Gasteiger charge is 2.09. The quantitative estimate of drug-likeness (QED) is 0.397. The standard InChI is InChI=1S/C9H16F2N4O/c1-5(6(13)2-3-12)4-7(8(14)15)16-9(10)11/h2-4,6,9H,12-15H2,1H3/b3-2-,5-4+. The summed E-state index contributed by atoms with van der Waals surface area (Å²) in [5.74, 6) is -0.656. The van der Waals surface area contributed by atoms with E-state index >= 15 is 0 Å². The minimum absolute atomic E-state index is 0.312. The number of alkyl halides is 2. The van der Waals surface area contributed by atoms with E-state index in [1.807, 2.05) is 0 Å². The lowest BCUT2D eigenvalue weighted by Crippen LogP contribution is -2.20. The first-order chi connectivity index (χ1) is 7.38. The summed E-state index contributed by atoms with van der Waals surface area (Å²) < 4.78 is 28.1. The zero-order valence-corrected chi connectivity index (χ0v) is 8.86. The molecule has 0 radical (unpaired) electrons. The molecule has 0 aliphatic rings. The summed E-state index contributed by atoms with van der Waals surface area (Å²) in [6, 6.07) is -0.513. The molecule has 0 rings (SSSR count). The molecule has 0 aromatic heterocycles. The van der Waals surface area contributed by atoms with Crippen molar-refractivity contribution in [1.29, 1.82) is 0 Å². The molecule has 0 fully saturated rings. The summed E-state index contributed by atoms with van der Waals surface area (Å²) >= 11 is 0. The SMILES string of the molecule is C/C(=C\C(OC(F)F)=C(N)N)C(N)/C=C\N. The monoisotopic (exact) mass is 234 g/mol. The van der Waals surface area contributed by atoms with E-state index in [0.29, 0.717) is 5.57 Å². The summed E-state index contributed by atoms with van der Waals surface area (Å²) in [5.41, 5.74) is 21.7. The molecule has 0 aromatic rings. The van der Waals surface area contributed by atoms with Gasteiger partial charge in [0.05, 0.1) is 0 Å². The predicted molar refractivity (Wildman–Crippen MR) is 57.5 cm³/mol. The Morgan fingerprint density at radius 2 is 1.88 bits per heavy atom. The second-order valence-corrected chi connectivity index (χ2v) is 3.00. The lowest BCUT2D eigenvalue weighted by Gasteiger charge is -2.11. The van der Waals surface area contributed by atoms with Gasteiger partial charge < -0.3 is 27.7 Å². The lowest BCUT2D eigenvalue weighted by molar-refractivity contribution is -0.0931. The Labute approximate surface area is 92.4 Å². The van der Waals surface area contributed by atoms with Crippen LogP contribution < -0.4 is 22.9 Å². The lowest BCUT2D eigenvalue weighted by atomic mass is 10.1. The molecule has 7 heteroatoms. The Balaban J connectivity index is 4.86. The Kier molecular flexibility index (Phi) is 5.94. The van der Waals surface area contributed by atoms with Crippen molar-refractivity contribution in [3.05, 3.63) is 35.5 Å². The van der Waals surface area contributed by atoms with Gasteiger partial charge in [-0.25, -0.2) is 0 Å². The van der Waals surface area contributed by atoms with Crippen LogP contribution in [0.4, 0.5) is 8.78 Å². The molecule has 0 heterocycles.